The van der Waals surface area contributed by atoms with Gasteiger partial charge in [-0.1, -0.05) is 0 Å². The number of aromatic nitrogens is 3. The van der Waals surface area contributed by atoms with Crippen LogP contribution in [0.5, 0.6) is 0 Å². The summed E-state index contributed by atoms with van der Waals surface area (Å²) >= 11 is 0. The Bertz CT molecular complexity index is 528. The van der Waals surface area contributed by atoms with Crippen LogP contribution in [-0.4, -0.2) is 20.1 Å². The minimum atomic E-state index is -0.651. The molecule has 1 heterocycles. The fourth-order valence-electron chi connectivity index (χ4n) is 1.30. The molecule has 2 rings (SSSR count). The molecule has 0 radical (unpaired) electrons. The molecule has 0 atom stereocenters. The lowest BCUT2D eigenvalue weighted by molar-refractivity contribution is -0.384. The number of hydrogen-bond acceptors (Lipinski definition) is 5. The highest BCUT2D eigenvalue weighted by Crippen LogP contribution is 2.25. The standard InChI is InChI=1S/C9H8FN5O2/c10-6-1-2-7(8(3-6)15(16)17)11-4-9-12-5-13-14-9/h1-3,5,11H,4H2,(H,12,13,14). The van der Waals surface area contributed by atoms with Gasteiger partial charge in [-0.3, -0.25) is 15.2 Å². The van der Waals surface area contributed by atoms with Crippen LogP contribution in [-0.2, 0) is 6.54 Å². The molecule has 0 aliphatic carbocycles. The van der Waals surface area contributed by atoms with Crippen LogP contribution in [0.1, 0.15) is 5.82 Å². The highest BCUT2D eigenvalue weighted by molar-refractivity contribution is 5.61. The van der Waals surface area contributed by atoms with Crippen molar-refractivity contribution in [3.63, 3.8) is 0 Å². The molecular formula is C9H8FN5O2. The van der Waals surface area contributed by atoms with E-state index in [4.69, 9.17) is 0 Å². The first kappa shape index (κ1) is 11.0. The lowest BCUT2D eigenvalue weighted by Gasteiger charge is -2.04. The van der Waals surface area contributed by atoms with Gasteiger partial charge in [-0.2, -0.15) is 5.10 Å². The maximum Gasteiger partial charge on any atom is 0.295 e. The normalized spacial score (nSPS) is 10.2. The molecule has 2 aromatic rings. The van der Waals surface area contributed by atoms with Gasteiger partial charge in [0.2, 0.25) is 0 Å². The minimum Gasteiger partial charge on any atom is -0.372 e. The van der Waals surface area contributed by atoms with Crippen LogP contribution in [0, 0.1) is 15.9 Å². The maximum atomic E-state index is 12.9. The molecule has 1 aromatic carbocycles. The van der Waals surface area contributed by atoms with E-state index in [1.54, 1.807) is 0 Å². The van der Waals surface area contributed by atoms with Crippen LogP contribution in [0.4, 0.5) is 15.8 Å². The van der Waals surface area contributed by atoms with Crippen molar-refractivity contribution in [2.75, 3.05) is 5.32 Å². The molecule has 0 saturated carbocycles. The Hall–Kier alpha value is -2.51. The lowest BCUT2D eigenvalue weighted by atomic mass is 10.2. The lowest BCUT2D eigenvalue weighted by Crippen LogP contribution is -2.04. The van der Waals surface area contributed by atoms with Crippen LogP contribution < -0.4 is 5.32 Å². The molecule has 7 nitrogen and oxygen atoms in total. The van der Waals surface area contributed by atoms with Gasteiger partial charge in [0, 0.05) is 0 Å². The van der Waals surface area contributed by atoms with E-state index >= 15 is 0 Å². The smallest absolute Gasteiger partial charge is 0.295 e. The highest BCUT2D eigenvalue weighted by atomic mass is 19.1. The molecule has 0 amide bonds. The minimum absolute atomic E-state index is 0.229. The number of halogens is 1. The molecule has 2 N–H and O–H groups in total. The Balaban J connectivity index is 2.17. The Kier molecular flexibility index (Phi) is 2.95. The largest absolute Gasteiger partial charge is 0.372 e. The van der Waals surface area contributed by atoms with E-state index in [0.717, 1.165) is 12.1 Å². The summed E-state index contributed by atoms with van der Waals surface area (Å²) in [5, 5.41) is 19.7. The fraction of sp³-hybridized carbons (Fsp3) is 0.111. The van der Waals surface area contributed by atoms with Crippen molar-refractivity contribution in [3.8, 4) is 0 Å². The van der Waals surface area contributed by atoms with Gasteiger partial charge >= 0.3 is 0 Å². The number of nitrogens with one attached hydrogen (secondary N) is 2. The molecule has 8 heteroatoms. The number of benzene rings is 1. The van der Waals surface area contributed by atoms with E-state index < -0.39 is 10.7 Å². The van der Waals surface area contributed by atoms with E-state index in [-0.39, 0.29) is 17.9 Å². The highest BCUT2D eigenvalue weighted by Gasteiger charge is 2.14. The second kappa shape index (κ2) is 4.56. The number of rotatable bonds is 4. The zero-order chi connectivity index (χ0) is 12.3. The van der Waals surface area contributed by atoms with Crippen LogP contribution >= 0.6 is 0 Å². The molecule has 0 fully saturated rings. The monoisotopic (exact) mass is 237 g/mol. The Morgan fingerprint density at radius 2 is 2.35 bits per heavy atom. The van der Waals surface area contributed by atoms with Crippen molar-refractivity contribution in [1.29, 1.82) is 0 Å². The van der Waals surface area contributed by atoms with Crippen molar-refractivity contribution in [3.05, 3.63) is 46.3 Å². The first-order valence-electron chi connectivity index (χ1n) is 4.69. The van der Waals surface area contributed by atoms with Gasteiger partial charge < -0.3 is 5.32 Å². The van der Waals surface area contributed by atoms with Gasteiger partial charge in [0.1, 0.15) is 23.7 Å². The first-order valence-corrected chi connectivity index (χ1v) is 4.69. The van der Waals surface area contributed by atoms with Gasteiger partial charge in [-0.25, -0.2) is 9.37 Å². The quantitative estimate of drug-likeness (QED) is 0.619. The number of hydrogen-bond donors (Lipinski definition) is 2. The Morgan fingerprint density at radius 1 is 1.53 bits per heavy atom. The van der Waals surface area contributed by atoms with Crippen LogP contribution in [0.3, 0.4) is 0 Å². The summed E-state index contributed by atoms with van der Waals surface area (Å²) in [5.41, 5.74) is -0.0858. The van der Waals surface area contributed by atoms with Gasteiger partial charge in [0.15, 0.2) is 0 Å². The average Bonchev–Trinajstić information content (AvgIpc) is 2.80. The number of nitro benzene ring substituents is 1. The molecular weight excluding hydrogens is 229 g/mol. The van der Waals surface area contributed by atoms with Crippen LogP contribution in [0.2, 0.25) is 0 Å². The predicted octanol–water partition coefficient (Wildman–Crippen LogP) is 1.46. The summed E-state index contributed by atoms with van der Waals surface area (Å²) in [4.78, 5) is 13.9. The molecule has 0 bridgehead atoms. The van der Waals surface area contributed by atoms with Crippen molar-refractivity contribution < 1.29 is 9.31 Å². The summed E-state index contributed by atoms with van der Waals surface area (Å²) < 4.78 is 12.9. The van der Waals surface area contributed by atoms with Gasteiger partial charge in [-0.15, -0.1) is 0 Å². The fourth-order valence-corrected chi connectivity index (χ4v) is 1.30. The maximum absolute atomic E-state index is 12.9. The van der Waals surface area contributed by atoms with Crippen LogP contribution in [0.15, 0.2) is 24.5 Å². The average molecular weight is 237 g/mol. The van der Waals surface area contributed by atoms with Crippen molar-refractivity contribution in [1.82, 2.24) is 15.2 Å². The number of H-pyrrole nitrogens is 1. The third-order valence-corrected chi connectivity index (χ3v) is 2.07. The Labute approximate surface area is 94.8 Å². The number of nitro groups is 1. The second-order valence-electron chi connectivity index (χ2n) is 3.20. The number of aromatic amines is 1. The molecule has 1 aromatic heterocycles. The molecule has 0 aliphatic rings. The van der Waals surface area contributed by atoms with Crippen molar-refractivity contribution in [2.45, 2.75) is 6.54 Å². The van der Waals surface area contributed by atoms with Crippen LogP contribution in [0.25, 0.3) is 0 Å². The van der Waals surface area contributed by atoms with Gasteiger partial charge in [0.05, 0.1) is 17.5 Å². The van der Waals surface area contributed by atoms with Crippen molar-refractivity contribution >= 4 is 11.4 Å². The summed E-state index contributed by atoms with van der Waals surface area (Å²) in [7, 11) is 0. The predicted molar refractivity (Wildman–Crippen MR) is 56.8 cm³/mol. The van der Waals surface area contributed by atoms with E-state index in [2.05, 4.69) is 20.5 Å². The zero-order valence-electron chi connectivity index (χ0n) is 8.55. The van der Waals surface area contributed by atoms with E-state index in [9.17, 15) is 14.5 Å². The summed E-state index contributed by atoms with van der Waals surface area (Å²) in [6, 6.07) is 3.32. The number of anilines is 1. The topological polar surface area (TPSA) is 96.7 Å². The molecule has 0 aliphatic heterocycles. The summed E-state index contributed by atoms with van der Waals surface area (Å²) in [6.45, 7) is 0.243. The van der Waals surface area contributed by atoms with Crippen molar-refractivity contribution in [2.24, 2.45) is 0 Å². The molecule has 0 spiro atoms. The van der Waals surface area contributed by atoms with Gasteiger partial charge in [-0.05, 0) is 12.1 Å². The third-order valence-electron chi connectivity index (χ3n) is 2.07. The molecule has 17 heavy (non-hydrogen) atoms. The second-order valence-corrected chi connectivity index (χ2v) is 3.20. The number of nitrogens with zero attached hydrogens (tertiary/aromatic N) is 3. The SMILES string of the molecule is O=[N+]([O-])c1cc(F)ccc1NCc1ncn[nH]1. The molecule has 0 unspecified atom stereocenters. The summed E-state index contributed by atoms with van der Waals surface area (Å²) in [6.07, 6.45) is 1.33. The third kappa shape index (κ3) is 2.54. The molecule has 0 saturated heterocycles. The Morgan fingerprint density at radius 3 is 3.00 bits per heavy atom. The van der Waals surface area contributed by atoms with Gasteiger partial charge in [0.25, 0.3) is 5.69 Å². The van der Waals surface area contributed by atoms with E-state index in [0.29, 0.717) is 5.82 Å². The zero-order valence-corrected chi connectivity index (χ0v) is 8.55. The molecule has 88 valence electrons. The first-order chi connectivity index (χ1) is 8.16. The van der Waals surface area contributed by atoms with E-state index in [1.165, 1.54) is 12.4 Å². The van der Waals surface area contributed by atoms with E-state index in [1.807, 2.05) is 0 Å². The summed E-state index contributed by atoms with van der Waals surface area (Å²) in [5.74, 6) is -0.120.